The van der Waals surface area contributed by atoms with Crippen molar-refractivity contribution in [1.82, 2.24) is 19.9 Å². The van der Waals surface area contributed by atoms with Gasteiger partial charge in [-0.05, 0) is 47.9 Å². The summed E-state index contributed by atoms with van der Waals surface area (Å²) in [6.07, 6.45) is 5.95. The highest BCUT2D eigenvalue weighted by molar-refractivity contribution is 5.99. The van der Waals surface area contributed by atoms with E-state index in [1.54, 1.807) is 0 Å². The van der Waals surface area contributed by atoms with Crippen LogP contribution in [0.25, 0.3) is 38.7 Å². The molecule has 1 fully saturated rings. The van der Waals surface area contributed by atoms with Crippen LogP contribution in [0.4, 0.5) is 5.69 Å². The lowest BCUT2D eigenvalue weighted by Gasteiger charge is -2.41. The third-order valence-electron chi connectivity index (χ3n) is 6.76. The predicted octanol–water partition coefficient (Wildman–Crippen LogP) is 5.40. The van der Waals surface area contributed by atoms with Crippen LogP contribution < -0.4 is 10.2 Å². The molecule has 3 aromatic carbocycles. The first-order chi connectivity index (χ1) is 16.2. The summed E-state index contributed by atoms with van der Waals surface area (Å²) in [6.45, 7) is 6.59. The molecule has 1 aliphatic rings. The van der Waals surface area contributed by atoms with Crippen molar-refractivity contribution >= 4 is 22.1 Å². The number of fused-ring (bicyclic) bond motifs is 2. The average Bonchev–Trinajstić information content (AvgIpc) is 3.27. The summed E-state index contributed by atoms with van der Waals surface area (Å²) in [6, 6.07) is 24.6. The van der Waals surface area contributed by atoms with Crippen LogP contribution in [-0.2, 0) is 0 Å². The van der Waals surface area contributed by atoms with Crippen LogP contribution in [0.2, 0.25) is 0 Å². The maximum atomic E-state index is 4.82. The van der Waals surface area contributed by atoms with Gasteiger partial charge in [-0.1, -0.05) is 54.6 Å². The molecule has 2 aromatic heterocycles. The van der Waals surface area contributed by atoms with Crippen LogP contribution in [0.15, 0.2) is 85.3 Å². The Balaban J connectivity index is 1.35. The van der Waals surface area contributed by atoms with Gasteiger partial charge in [-0.3, -0.25) is 0 Å². The lowest BCUT2D eigenvalue weighted by molar-refractivity contribution is 0.432. The maximum absolute atomic E-state index is 4.82. The van der Waals surface area contributed by atoms with Crippen LogP contribution in [0.3, 0.4) is 0 Å². The number of benzene rings is 3. The van der Waals surface area contributed by atoms with Gasteiger partial charge in [0.15, 0.2) is 5.65 Å². The van der Waals surface area contributed by atoms with Crippen molar-refractivity contribution in [3.05, 3.63) is 85.3 Å². The molecule has 164 valence electrons. The minimum Gasteiger partial charge on any atom is -0.364 e. The fraction of sp³-hybridized carbons (Fsp3) is 0.214. The minimum atomic E-state index is 0.481. The van der Waals surface area contributed by atoms with Crippen LogP contribution >= 0.6 is 0 Å². The standard InChI is InChI=1S/C28H27N5/c1-19-14-29-15-20(2)33(19)24-12-10-21(11-13-24)23-16-30-28-27(17-31-32(28)18-23)26-9-5-7-22-6-3-4-8-25(22)26/h3-13,16-20,29H,14-15H2,1-2H3/t19-,20+. The highest BCUT2D eigenvalue weighted by Crippen LogP contribution is 2.32. The van der Waals surface area contributed by atoms with Gasteiger partial charge in [-0.2, -0.15) is 5.10 Å². The fourth-order valence-corrected chi connectivity index (χ4v) is 5.14. The number of aromatic nitrogens is 3. The Morgan fingerprint density at radius 2 is 1.55 bits per heavy atom. The first-order valence-electron chi connectivity index (χ1n) is 11.6. The number of piperazine rings is 1. The molecule has 0 bridgehead atoms. The first-order valence-corrected chi connectivity index (χ1v) is 11.6. The smallest absolute Gasteiger partial charge is 0.162 e. The Kier molecular flexibility index (Phi) is 4.84. The van der Waals surface area contributed by atoms with Crippen molar-refractivity contribution in [2.24, 2.45) is 0 Å². The van der Waals surface area contributed by atoms with Crippen molar-refractivity contribution in [2.75, 3.05) is 18.0 Å². The number of rotatable bonds is 3. The quantitative estimate of drug-likeness (QED) is 0.414. The number of hydrogen-bond donors (Lipinski definition) is 1. The molecule has 0 saturated carbocycles. The van der Waals surface area contributed by atoms with E-state index in [1.807, 2.05) is 16.9 Å². The number of anilines is 1. The number of hydrogen-bond acceptors (Lipinski definition) is 4. The van der Waals surface area contributed by atoms with Crippen molar-refractivity contribution in [2.45, 2.75) is 25.9 Å². The summed E-state index contributed by atoms with van der Waals surface area (Å²) in [5, 5.41) is 10.6. The topological polar surface area (TPSA) is 45.5 Å². The zero-order chi connectivity index (χ0) is 22.4. The van der Waals surface area contributed by atoms with Gasteiger partial charge in [0.1, 0.15) is 0 Å². The molecule has 5 aromatic rings. The van der Waals surface area contributed by atoms with E-state index in [2.05, 4.69) is 102 Å². The second kappa shape index (κ2) is 8.01. The first kappa shape index (κ1) is 19.9. The largest absolute Gasteiger partial charge is 0.364 e. The third kappa shape index (κ3) is 3.45. The van der Waals surface area contributed by atoms with Crippen LogP contribution in [0.5, 0.6) is 0 Å². The molecule has 2 atom stereocenters. The normalized spacial score (nSPS) is 18.8. The van der Waals surface area contributed by atoms with Crippen LogP contribution in [0.1, 0.15) is 13.8 Å². The molecule has 6 rings (SSSR count). The highest BCUT2D eigenvalue weighted by atomic mass is 15.2. The second-order valence-electron chi connectivity index (χ2n) is 9.01. The van der Waals surface area contributed by atoms with E-state index >= 15 is 0 Å². The van der Waals surface area contributed by atoms with Crippen molar-refractivity contribution < 1.29 is 0 Å². The van der Waals surface area contributed by atoms with Gasteiger partial charge in [0.2, 0.25) is 0 Å². The Bertz CT molecular complexity index is 1420. The molecule has 0 spiro atoms. The van der Waals surface area contributed by atoms with Gasteiger partial charge < -0.3 is 10.2 Å². The summed E-state index contributed by atoms with van der Waals surface area (Å²) in [5.74, 6) is 0. The van der Waals surface area contributed by atoms with E-state index in [0.29, 0.717) is 12.1 Å². The second-order valence-corrected chi connectivity index (χ2v) is 9.01. The van der Waals surface area contributed by atoms with Crippen molar-refractivity contribution in [1.29, 1.82) is 0 Å². The van der Waals surface area contributed by atoms with Gasteiger partial charge >= 0.3 is 0 Å². The fourth-order valence-electron chi connectivity index (χ4n) is 5.14. The summed E-state index contributed by atoms with van der Waals surface area (Å²) < 4.78 is 1.89. The summed E-state index contributed by atoms with van der Waals surface area (Å²) in [4.78, 5) is 7.32. The monoisotopic (exact) mass is 433 g/mol. The molecule has 0 radical (unpaired) electrons. The molecular weight excluding hydrogens is 406 g/mol. The van der Waals surface area contributed by atoms with Gasteiger partial charge in [0.05, 0.1) is 6.20 Å². The Hall–Kier alpha value is -3.70. The predicted molar refractivity (Wildman–Crippen MR) is 136 cm³/mol. The van der Waals surface area contributed by atoms with Crippen molar-refractivity contribution in [3.63, 3.8) is 0 Å². The number of nitrogens with one attached hydrogen (secondary N) is 1. The Labute approximate surface area is 193 Å². The van der Waals surface area contributed by atoms with Gasteiger partial charge in [-0.15, -0.1) is 0 Å². The SMILES string of the molecule is C[C@@H]1CNC[C@H](C)N1c1ccc(-c2cnc3c(-c4cccc5ccccc45)cnn3c2)cc1. The molecule has 0 aliphatic carbocycles. The molecule has 33 heavy (non-hydrogen) atoms. The van der Waals surface area contributed by atoms with Crippen molar-refractivity contribution in [3.8, 4) is 22.3 Å². The lowest BCUT2D eigenvalue weighted by atomic mass is 10.0. The number of nitrogens with zero attached hydrogens (tertiary/aromatic N) is 4. The summed E-state index contributed by atoms with van der Waals surface area (Å²) in [5.41, 5.74) is 6.55. The van der Waals surface area contributed by atoms with E-state index in [4.69, 9.17) is 4.98 Å². The molecule has 3 heterocycles. The van der Waals surface area contributed by atoms with E-state index in [1.165, 1.54) is 16.5 Å². The molecule has 0 unspecified atom stereocenters. The zero-order valence-corrected chi connectivity index (χ0v) is 18.9. The van der Waals surface area contributed by atoms with Gasteiger partial charge in [-0.25, -0.2) is 9.50 Å². The van der Waals surface area contributed by atoms with Gasteiger partial charge in [0, 0.05) is 54.4 Å². The Morgan fingerprint density at radius 1 is 0.788 bits per heavy atom. The Morgan fingerprint density at radius 3 is 2.36 bits per heavy atom. The molecular formula is C28H27N5. The van der Waals surface area contributed by atoms with E-state index in [0.717, 1.165) is 41.0 Å². The third-order valence-corrected chi connectivity index (χ3v) is 6.76. The van der Waals surface area contributed by atoms with Crippen LogP contribution in [-0.4, -0.2) is 39.8 Å². The van der Waals surface area contributed by atoms with Crippen LogP contribution in [0, 0.1) is 0 Å². The molecule has 1 aliphatic heterocycles. The van der Waals surface area contributed by atoms with E-state index < -0.39 is 0 Å². The highest BCUT2D eigenvalue weighted by Gasteiger charge is 2.24. The summed E-state index contributed by atoms with van der Waals surface area (Å²) >= 11 is 0. The zero-order valence-electron chi connectivity index (χ0n) is 18.9. The molecule has 0 amide bonds. The maximum Gasteiger partial charge on any atom is 0.162 e. The molecule has 1 saturated heterocycles. The lowest BCUT2D eigenvalue weighted by Crippen LogP contribution is -2.55. The molecule has 5 heteroatoms. The average molecular weight is 434 g/mol. The van der Waals surface area contributed by atoms with E-state index in [-0.39, 0.29) is 0 Å². The molecule has 1 N–H and O–H groups in total. The van der Waals surface area contributed by atoms with Gasteiger partial charge in [0.25, 0.3) is 0 Å². The summed E-state index contributed by atoms with van der Waals surface area (Å²) in [7, 11) is 0. The van der Waals surface area contributed by atoms with E-state index in [9.17, 15) is 0 Å². The molecule has 5 nitrogen and oxygen atoms in total. The minimum absolute atomic E-state index is 0.481.